The van der Waals surface area contributed by atoms with E-state index in [1.165, 1.54) is 12.1 Å². The first-order chi connectivity index (χ1) is 14.4. The lowest BCUT2D eigenvalue weighted by molar-refractivity contribution is -0.384. The van der Waals surface area contributed by atoms with Crippen LogP contribution in [0.1, 0.15) is 16.3 Å². The number of amides is 1. The molecule has 0 saturated heterocycles. The Morgan fingerprint density at radius 1 is 1.10 bits per heavy atom. The van der Waals surface area contributed by atoms with Crippen molar-refractivity contribution in [1.82, 2.24) is 0 Å². The first-order valence-corrected chi connectivity index (χ1v) is 8.60. The largest absolute Gasteiger partial charge is 0.486 e. The predicted molar refractivity (Wildman–Crippen MR) is 101 cm³/mol. The number of nitrogens with one attached hydrogen (secondary N) is 1. The topological polar surface area (TPSA) is 121 Å². The van der Waals surface area contributed by atoms with Crippen LogP contribution in [0.5, 0.6) is 5.75 Å². The smallest absolute Gasteiger partial charge is 0.374 e. The first-order valence-electron chi connectivity index (χ1n) is 8.60. The fourth-order valence-corrected chi connectivity index (χ4v) is 2.35. The van der Waals surface area contributed by atoms with Gasteiger partial charge in [0, 0.05) is 12.1 Å². The highest BCUT2D eigenvalue weighted by Gasteiger charge is 2.17. The van der Waals surface area contributed by atoms with Crippen molar-refractivity contribution in [3.63, 3.8) is 0 Å². The van der Waals surface area contributed by atoms with Gasteiger partial charge >= 0.3 is 5.97 Å². The minimum absolute atomic E-state index is 0.0871. The third-order valence-corrected chi connectivity index (χ3v) is 3.76. The van der Waals surface area contributed by atoms with Gasteiger partial charge in [-0.05, 0) is 30.3 Å². The van der Waals surface area contributed by atoms with Crippen molar-refractivity contribution in [3.8, 4) is 5.75 Å². The van der Waals surface area contributed by atoms with Crippen molar-refractivity contribution >= 4 is 23.3 Å². The zero-order valence-corrected chi connectivity index (χ0v) is 15.4. The quantitative estimate of drug-likeness (QED) is 0.339. The van der Waals surface area contributed by atoms with Gasteiger partial charge in [0.25, 0.3) is 11.6 Å². The Bertz CT molecular complexity index is 1070. The second-order valence-corrected chi connectivity index (χ2v) is 5.91. The number of rotatable bonds is 8. The molecule has 0 aliphatic heterocycles. The second kappa shape index (κ2) is 9.32. The summed E-state index contributed by atoms with van der Waals surface area (Å²) < 4.78 is 29.3. The molecule has 0 atom stereocenters. The minimum atomic E-state index is -0.907. The van der Waals surface area contributed by atoms with Crippen molar-refractivity contribution in [3.05, 3.63) is 88.1 Å². The maximum absolute atomic E-state index is 13.7. The lowest BCUT2D eigenvalue weighted by Crippen LogP contribution is -2.21. The second-order valence-electron chi connectivity index (χ2n) is 5.91. The van der Waals surface area contributed by atoms with Crippen molar-refractivity contribution < 1.29 is 32.8 Å². The fourth-order valence-electron chi connectivity index (χ4n) is 2.35. The number of hydrogen-bond acceptors (Lipinski definition) is 7. The SMILES string of the molecule is O=C(COC(=O)c1ccc(COc2ccccc2)o1)Nc1cc([N+](=O)[O-])ccc1F. The van der Waals surface area contributed by atoms with Crippen LogP contribution < -0.4 is 10.1 Å². The van der Waals surface area contributed by atoms with Gasteiger partial charge in [-0.1, -0.05) is 18.2 Å². The van der Waals surface area contributed by atoms with Gasteiger partial charge in [0.2, 0.25) is 5.76 Å². The van der Waals surface area contributed by atoms with Crippen molar-refractivity contribution in [2.75, 3.05) is 11.9 Å². The number of ether oxygens (including phenoxy) is 2. The molecule has 1 aromatic heterocycles. The Morgan fingerprint density at radius 3 is 2.60 bits per heavy atom. The van der Waals surface area contributed by atoms with Crippen LogP contribution in [0, 0.1) is 15.9 Å². The van der Waals surface area contributed by atoms with Gasteiger partial charge in [0.1, 0.15) is 23.9 Å². The van der Waals surface area contributed by atoms with Gasteiger partial charge in [-0.2, -0.15) is 0 Å². The molecule has 0 fully saturated rings. The molecule has 2 aromatic carbocycles. The lowest BCUT2D eigenvalue weighted by Gasteiger charge is -2.07. The number of para-hydroxylation sites is 1. The van der Waals surface area contributed by atoms with E-state index in [1.54, 1.807) is 12.1 Å². The fraction of sp³-hybridized carbons (Fsp3) is 0.100. The maximum atomic E-state index is 13.7. The van der Waals surface area contributed by atoms with Crippen LogP contribution in [0.15, 0.2) is 65.1 Å². The van der Waals surface area contributed by atoms with Crippen molar-refractivity contribution in [2.45, 2.75) is 6.61 Å². The molecule has 0 unspecified atom stereocenters. The summed E-state index contributed by atoms with van der Waals surface area (Å²) >= 11 is 0. The van der Waals surface area contributed by atoms with Gasteiger partial charge in [-0.25, -0.2) is 9.18 Å². The zero-order chi connectivity index (χ0) is 21.5. The molecule has 0 spiro atoms. The van der Waals surface area contributed by atoms with Gasteiger partial charge in [-0.3, -0.25) is 14.9 Å². The van der Waals surface area contributed by atoms with E-state index in [-0.39, 0.29) is 12.4 Å². The minimum Gasteiger partial charge on any atom is -0.486 e. The molecule has 0 radical (unpaired) electrons. The Balaban J connectivity index is 1.51. The molecule has 1 heterocycles. The van der Waals surface area contributed by atoms with Crippen LogP contribution in [-0.2, 0) is 16.1 Å². The molecule has 30 heavy (non-hydrogen) atoms. The molecule has 0 aliphatic rings. The number of carbonyl (C=O) groups excluding carboxylic acids is 2. The number of halogens is 1. The molecule has 154 valence electrons. The number of nitro groups is 1. The molecular formula is C20H15FN2O7. The molecule has 9 nitrogen and oxygen atoms in total. The Labute approximate surface area is 169 Å². The summed E-state index contributed by atoms with van der Waals surface area (Å²) in [5.41, 5.74) is -0.798. The number of carbonyl (C=O) groups is 2. The molecule has 10 heteroatoms. The van der Waals surface area contributed by atoms with Gasteiger partial charge < -0.3 is 19.2 Å². The predicted octanol–water partition coefficient (Wildman–Crippen LogP) is 3.70. The monoisotopic (exact) mass is 414 g/mol. The van der Waals surface area contributed by atoms with Gasteiger partial charge in [-0.15, -0.1) is 0 Å². The van der Waals surface area contributed by atoms with Crippen molar-refractivity contribution in [1.29, 1.82) is 0 Å². The molecule has 3 rings (SSSR count). The lowest BCUT2D eigenvalue weighted by atomic mass is 10.2. The highest BCUT2D eigenvalue weighted by Crippen LogP contribution is 2.21. The first kappa shape index (κ1) is 20.5. The van der Waals surface area contributed by atoms with Crippen LogP contribution in [-0.4, -0.2) is 23.4 Å². The Hall–Kier alpha value is -4.21. The molecule has 0 saturated carbocycles. The normalized spacial score (nSPS) is 10.3. The number of nitrogens with zero attached hydrogens (tertiary/aromatic N) is 1. The highest BCUT2D eigenvalue weighted by molar-refractivity contribution is 5.94. The third-order valence-electron chi connectivity index (χ3n) is 3.76. The zero-order valence-electron chi connectivity index (χ0n) is 15.4. The number of benzene rings is 2. The van der Waals surface area contributed by atoms with Crippen LogP contribution in [0.25, 0.3) is 0 Å². The van der Waals surface area contributed by atoms with E-state index >= 15 is 0 Å². The van der Waals surface area contributed by atoms with E-state index < -0.39 is 40.6 Å². The average molecular weight is 414 g/mol. The van der Waals surface area contributed by atoms with E-state index in [2.05, 4.69) is 5.32 Å². The van der Waals surface area contributed by atoms with E-state index in [4.69, 9.17) is 13.9 Å². The summed E-state index contributed by atoms with van der Waals surface area (Å²) in [4.78, 5) is 33.9. The molecule has 0 aliphatic carbocycles. The summed E-state index contributed by atoms with van der Waals surface area (Å²) in [5, 5.41) is 12.8. The van der Waals surface area contributed by atoms with Gasteiger partial charge in [0.15, 0.2) is 6.61 Å². The Morgan fingerprint density at radius 2 is 1.87 bits per heavy atom. The molecule has 1 amide bonds. The number of hydrogen-bond donors (Lipinski definition) is 1. The standard InChI is InChI=1S/C20H15FN2O7/c21-16-8-6-13(23(26)27)10-17(16)22-19(24)12-29-20(25)18-9-7-15(30-18)11-28-14-4-2-1-3-5-14/h1-10H,11-12H2,(H,22,24). The van der Waals surface area contributed by atoms with Crippen LogP contribution in [0.3, 0.4) is 0 Å². The summed E-state index contributed by atoms with van der Waals surface area (Å²) in [6.45, 7) is -0.651. The van der Waals surface area contributed by atoms with Crippen LogP contribution in [0.4, 0.5) is 15.8 Å². The molecular weight excluding hydrogens is 399 g/mol. The van der Waals surface area contributed by atoms with E-state index in [0.29, 0.717) is 11.5 Å². The summed E-state index contributed by atoms with van der Waals surface area (Å²) in [6.07, 6.45) is 0. The number of nitro benzene ring substituents is 1. The molecule has 1 N–H and O–H groups in total. The van der Waals surface area contributed by atoms with Crippen molar-refractivity contribution in [2.24, 2.45) is 0 Å². The molecule has 3 aromatic rings. The van der Waals surface area contributed by atoms with E-state index in [9.17, 15) is 24.1 Å². The number of esters is 1. The summed E-state index contributed by atoms with van der Waals surface area (Å²) in [5.74, 6) is -1.79. The number of non-ortho nitro benzene ring substituents is 1. The number of furan rings is 1. The Kier molecular flexibility index (Phi) is 6.38. The van der Waals surface area contributed by atoms with E-state index in [1.807, 2.05) is 18.2 Å². The maximum Gasteiger partial charge on any atom is 0.374 e. The highest BCUT2D eigenvalue weighted by atomic mass is 19.1. The van der Waals surface area contributed by atoms with Crippen LogP contribution in [0.2, 0.25) is 0 Å². The molecule has 0 bridgehead atoms. The van der Waals surface area contributed by atoms with Gasteiger partial charge in [0.05, 0.1) is 10.6 Å². The van der Waals surface area contributed by atoms with E-state index in [0.717, 1.165) is 18.2 Å². The summed E-state index contributed by atoms with van der Waals surface area (Å²) in [7, 11) is 0. The third kappa shape index (κ3) is 5.41. The average Bonchev–Trinajstić information content (AvgIpc) is 3.22. The summed E-state index contributed by atoms with van der Waals surface area (Å²) in [6, 6.07) is 14.6. The number of anilines is 1. The van der Waals surface area contributed by atoms with Crippen LogP contribution >= 0.6 is 0 Å².